The van der Waals surface area contributed by atoms with E-state index >= 15 is 0 Å². The Morgan fingerprint density at radius 1 is 1.18 bits per heavy atom. The summed E-state index contributed by atoms with van der Waals surface area (Å²) < 4.78 is 12.8. The average Bonchev–Trinajstić information content (AvgIpc) is 3.30. The molecule has 3 aromatic rings. The van der Waals surface area contributed by atoms with Crippen molar-refractivity contribution in [2.45, 2.75) is 39.2 Å². The van der Waals surface area contributed by atoms with Crippen molar-refractivity contribution in [3.63, 3.8) is 0 Å². The number of hydrogen-bond donors (Lipinski definition) is 0. The normalized spacial score (nSPS) is 16.1. The molecular weight excluding hydrogens is 354 g/mol. The van der Waals surface area contributed by atoms with Crippen molar-refractivity contribution in [2.24, 2.45) is 0 Å². The van der Waals surface area contributed by atoms with Crippen LogP contribution in [0.1, 0.15) is 62.7 Å². The highest BCUT2D eigenvalue weighted by atomic mass is 16.5. The quantitative estimate of drug-likeness (QED) is 0.613. The first kappa shape index (κ1) is 18.3. The van der Waals surface area contributed by atoms with E-state index in [1.165, 1.54) is 0 Å². The highest BCUT2D eigenvalue weighted by molar-refractivity contribution is 6.04. The third kappa shape index (κ3) is 3.17. The van der Waals surface area contributed by atoms with E-state index in [0.29, 0.717) is 42.8 Å². The Hall–Kier alpha value is -3.08. The maximum absolute atomic E-state index is 13.0. The van der Waals surface area contributed by atoms with Gasteiger partial charge in [-0.2, -0.15) is 0 Å². The predicted octanol–water partition coefficient (Wildman–Crippen LogP) is 4.53. The van der Waals surface area contributed by atoms with Gasteiger partial charge in [0.05, 0.1) is 12.9 Å². The Kier molecular flexibility index (Phi) is 4.90. The molecule has 1 aromatic carbocycles. The number of esters is 1. The van der Waals surface area contributed by atoms with Crippen molar-refractivity contribution in [1.29, 1.82) is 0 Å². The van der Waals surface area contributed by atoms with Crippen LogP contribution in [0.2, 0.25) is 0 Å². The lowest BCUT2D eigenvalue weighted by Gasteiger charge is -2.22. The molecule has 0 saturated heterocycles. The van der Waals surface area contributed by atoms with E-state index in [2.05, 4.69) is 0 Å². The van der Waals surface area contributed by atoms with Crippen LogP contribution in [0.25, 0.3) is 0 Å². The van der Waals surface area contributed by atoms with Gasteiger partial charge in [0.25, 0.3) is 0 Å². The second-order valence-electron chi connectivity index (χ2n) is 7.13. The zero-order valence-electron chi connectivity index (χ0n) is 16.1. The van der Waals surface area contributed by atoms with Crippen LogP contribution in [-0.4, -0.2) is 22.9 Å². The minimum Gasteiger partial charge on any atom is -0.469 e. The maximum atomic E-state index is 13.0. The number of furan rings is 1. The summed E-state index contributed by atoms with van der Waals surface area (Å²) >= 11 is 0. The van der Waals surface area contributed by atoms with Gasteiger partial charge in [-0.1, -0.05) is 30.3 Å². The monoisotopic (exact) mass is 377 g/mol. The Morgan fingerprint density at radius 2 is 1.96 bits per heavy atom. The number of benzene rings is 1. The van der Waals surface area contributed by atoms with Crippen LogP contribution >= 0.6 is 0 Å². The van der Waals surface area contributed by atoms with E-state index in [4.69, 9.17) is 9.15 Å². The summed E-state index contributed by atoms with van der Waals surface area (Å²) in [7, 11) is 0. The van der Waals surface area contributed by atoms with Crippen molar-refractivity contribution in [2.75, 3.05) is 6.61 Å². The molecule has 144 valence electrons. The second-order valence-corrected chi connectivity index (χ2v) is 7.13. The predicted molar refractivity (Wildman–Crippen MR) is 105 cm³/mol. The molecule has 1 aliphatic carbocycles. The number of aromatic nitrogens is 1. The molecule has 2 heterocycles. The number of hydrogen-bond acceptors (Lipinski definition) is 4. The lowest BCUT2D eigenvalue weighted by molar-refractivity contribution is 0.0513. The molecule has 0 spiro atoms. The molecule has 28 heavy (non-hydrogen) atoms. The first-order valence-corrected chi connectivity index (χ1v) is 9.59. The standard InChI is InChI=1S/C23H23NO4/c1-3-27-23(26)22-15(2)21-18(24(22)14-16-8-5-4-6-9-16)12-17(13-19(21)25)20-10-7-11-28-20/h4-11,17H,3,12-14H2,1-2H3. The van der Waals surface area contributed by atoms with Gasteiger partial charge < -0.3 is 13.7 Å². The third-order valence-corrected chi connectivity index (χ3v) is 5.36. The van der Waals surface area contributed by atoms with Crippen LogP contribution < -0.4 is 0 Å². The lowest BCUT2D eigenvalue weighted by Crippen LogP contribution is -2.21. The first-order valence-electron chi connectivity index (χ1n) is 9.59. The van der Waals surface area contributed by atoms with E-state index in [-0.39, 0.29) is 17.7 Å². The molecule has 5 heteroatoms. The fraction of sp³-hybridized carbons (Fsp3) is 0.304. The zero-order valence-corrected chi connectivity index (χ0v) is 16.1. The topological polar surface area (TPSA) is 61.4 Å². The summed E-state index contributed by atoms with van der Waals surface area (Å²) in [6, 6.07) is 13.7. The molecule has 1 aliphatic rings. The second kappa shape index (κ2) is 7.50. The molecular formula is C23H23NO4. The Morgan fingerprint density at radius 3 is 2.64 bits per heavy atom. The number of fused-ring (bicyclic) bond motifs is 1. The number of rotatable bonds is 5. The van der Waals surface area contributed by atoms with Crippen molar-refractivity contribution in [3.8, 4) is 0 Å². The van der Waals surface area contributed by atoms with Gasteiger partial charge in [-0.15, -0.1) is 0 Å². The summed E-state index contributed by atoms with van der Waals surface area (Å²) in [5, 5.41) is 0. The molecule has 0 bridgehead atoms. The minimum atomic E-state index is -0.382. The van der Waals surface area contributed by atoms with Gasteiger partial charge in [0.1, 0.15) is 11.5 Å². The number of ketones is 1. The molecule has 0 amide bonds. The van der Waals surface area contributed by atoms with Crippen molar-refractivity contribution in [3.05, 3.63) is 82.6 Å². The first-order chi connectivity index (χ1) is 13.6. The molecule has 1 atom stereocenters. The zero-order chi connectivity index (χ0) is 19.7. The molecule has 0 N–H and O–H groups in total. The molecule has 1 unspecified atom stereocenters. The van der Waals surface area contributed by atoms with Gasteiger partial charge in [0, 0.05) is 30.1 Å². The molecule has 0 radical (unpaired) electrons. The van der Waals surface area contributed by atoms with E-state index in [1.807, 2.05) is 54.0 Å². The number of ether oxygens (including phenoxy) is 1. The van der Waals surface area contributed by atoms with Gasteiger partial charge in [-0.25, -0.2) is 4.79 Å². The molecule has 0 fully saturated rings. The van der Waals surface area contributed by atoms with Crippen molar-refractivity contribution >= 4 is 11.8 Å². The highest BCUT2D eigenvalue weighted by Gasteiger charge is 2.36. The van der Waals surface area contributed by atoms with Gasteiger partial charge >= 0.3 is 5.97 Å². The van der Waals surface area contributed by atoms with Crippen LogP contribution in [0.3, 0.4) is 0 Å². The number of carbonyl (C=O) groups excluding carboxylic acids is 2. The van der Waals surface area contributed by atoms with E-state index in [1.54, 1.807) is 13.2 Å². The summed E-state index contributed by atoms with van der Waals surface area (Å²) in [5.74, 6) is 0.459. The molecule has 0 saturated carbocycles. The summed E-state index contributed by atoms with van der Waals surface area (Å²) in [6.45, 7) is 4.44. The average molecular weight is 377 g/mol. The minimum absolute atomic E-state index is 0.0196. The fourth-order valence-electron chi connectivity index (χ4n) is 4.15. The SMILES string of the molecule is CCOC(=O)c1c(C)c2c(n1Cc1ccccc1)CC(c1ccco1)CC2=O. The van der Waals surface area contributed by atoms with Crippen LogP contribution in [-0.2, 0) is 17.7 Å². The van der Waals surface area contributed by atoms with Crippen LogP contribution in [0, 0.1) is 6.92 Å². The smallest absolute Gasteiger partial charge is 0.355 e. The largest absolute Gasteiger partial charge is 0.469 e. The van der Waals surface area contributed by atoms with Gasteiger partial charge in [0.2, 0.25) is 0 Å². The Balaban J connectivity index is 1.84. The van der Waals surface area contributed by atoms with Crippen molar-refractivity contribution < 1.29 is 18.7 Å². The fourth-order valence-corrected chi connectivity index (χ4v) is 4.15. The summed E-state index contributed by atoms with van der Waals surface area (Å²) in [5.41, 5.74) is 3.82. The lowest BCUT2D eigenvalue weighted by atomic mass is 9.84. The van der Waals surface area contributed by atoms with Crippen LogP contribution in [0.15, 0.2) is 53.1 Å². The number of carbonyl (C=O) groups is 2. The third-order valence-electron chi connectivity index (χ3n) is 5.36. The van der Waals surface area contributed by atoms with E-state index in [9.17, 15) is 9.59 Å². The Bertz CT molecular complexity index is 999. The van der Waals surface area contributed by atoms with E-state index < -0.39 is 0 Å². The van der Waals surface area contributed by atoms with E-state index in [0.717, 1.165) is 17.0 Å². The molecule has 2 aromatic heterocycles. The van der Waals surface area contributed by atoms with Crippen molar-refractivity contribution in [1.82, 2.24) is 4.57 Å². The van der Waals surface area contributed by atoms with Gasteiger partial charge in [0.15, 0.2) is 5.78 Å². The number of nitrogens with zero attached hydrogens (tertiary/aromatic N) is 1. The van der Waals surface area contributed by atoms with Crippen LogP contribution in [0.5, 0.6) is 0 Å². The molecule has 4 rings (SSSR count). The van der Waals surface area contributed by atoms with Gasteiger partial charge in [-0.3, -0.25) is 4.79 Å². The molecule has 5 nitrogen and oxygen atoms in total. The number of Topliss-reactive ketones (excluding diaryl/α,β-unsaturated/α-hetero) is 1. The van der Waals surface area contributed by atoms with Gasteiger partial charge in [-0.05, 0) is 43.5 Å². The molecule has 0 aliphatic heterocycles. The maximum Gasteiger partial charge on any atom is 0.355 e. The van der Waals surface area contributed by atoms with Crippen LogP contribution in [0.4, 0.5) is 0 Å². The Labute approximate surface area is 163 Å². The highest BCUT2D eigenvalue weighted by Crippen LogP contribution is 2.37. The summed E-state index contributed by atoms with van der Waals surface area (Å²) in [6.07, 6.45) is 2.67. The summed E-state index contributed by atoms with van der Waals surface area (Å²) in [4.78, 5) is 25.7.